The zero-order chi connectivity index (χ0) is 15.5. The van der Waals surface area contributed by atoms with Crippen LogP contribution in [0.4, 0.5) is 0 Å². The Hall–Kier alpha value is -2.66. The number of hydrogen-bond acceptors (Lipinski definition) is 4. The molecule has 3 aromatic rings. The Morgan fingerprint density at radius 3 is 2.45 bits per heavy atom. The maximum atomic E-state index is 11.6. The normalized spacial score (nSPS) is 10.6. The summed E-state index contributed by atoms with van der Waals surface area (Å²) in [6.07, 6.45) is 3.66. The first-order valence-corrected chi connectivity index (χ1v) is 6.95. The molecule has 1 amide bonds. The summed E-state index contributed by atoms with van der Waals surface area (Å²) >= 11 is 5.86. The molecule has 2 N–H and O–H groups in total. The SMILES string of the molecule is NC(=O)c1nc(-c2ccncc2)oc1Cc1ccc(Cl)cc1. The van der Waals surface area contributed by atoms with Crippen LogP contribution in [0.2, 0.25) is 5.02 Å². The lowest BCUT2D eigenvalue weighted by Crippen LogP contribution is -2.13. The Kier molecular flexibility index (Phi) is 3.89. The van der Waals surface area contributed by atoms with Crippen molar-refractivity contribution in [2.45, 2.75) is 6.42 Å². The maximum Gasteiger partial charge on any atom is 0.270 e. The monoisotopic (exact) mass is 313 g/mol. The van der Waals surface area contributed by atoms with Crippen molar-refractivity contribution in [1.82, 2.24) is 9.97 Å². The molecule has 0 aliphatic rings. The fraction of sp³-hybridized carbons (Fsp3) is 0.0625. The number of carbonyl (C=O) groups excluding carboxylic acids is 1. The predicted molar refractivity (Wildman–Crippen MR) is 82.5 cm³/mol. The molecule has 0 bridgehead atoms. The van der Waals surface area contributed by atoms with Gasteiger partial charge in [0.15, 0.2) is 5.69 Å². The Labute approximate surface area is 131 Å². The van der Waals surface area contributed by atoms with E-state index in [-0.39, 0.29) is 5.69 Å². The molecule has 0 fully saturated rings. The van der Waals surface area contributed by atoms with Crippen molar-refractivity contribution in [3.63, 3.8) is 0 Å². The lowest BCUT2D eigenvalue weighted by Gasteiger charge is -2.00. The van der Waals surface area contributed by atoms with E-state index in [0.29, 0.717) is 23.1 Å². The van der Waals surface area contributed by atoms with Gasteiger partial charge in [0.05, 0.1) is 0 Å². The van der Waals surface area contributed by atoms with E-state index < -0.39 is 5.91 Å². The van der Waals surface area contributed by atoms with E-state index in [4.69, 9.17) is 21.8 Å². The van der Waals surface area contributed by atoms with Crippen LogP contribution in [-0.4, -0.2) is 15.9 Å². The van der Waals surface area contributed by atoms with Crippen LogP contribution < -0.4 is 5.73 Å². The molecular formula is C16H12ClN3O2. The second-order valence-electron chi connectivity index (χ2n) is 4.69. The third-order valence-electron chi connectivity index (χ3n) is 3.14. The van der Waals surface area contributed by atoms with Crippen molar-refractivity contribution < 1.29 is 9.21 Å². The summed E-state index contributed by atoms with van der Waals surface area (Å²) in [7, 11) is 0. The quantitative estimate of drug-likeness (QED) is 0.802. The average Bonchev–Trinajstić information content (AvgIpc) is 2.95. The molecule has 6 heteroatoms. The van der Waals surface area contributed by atoms with Gasteiger partial charge in [0.1, 0.15) is 5.76 Å². The summed E-state index contributed by atoms with van der Waals surface area (Å²) in [6, 6.07) is 10.8. The lowest BCUT2D eigenvalue weighted by atomic mass is 10.1. The highest BCUT2D eigenvalue weighted by Gasteiger charge is 2.19. The molecule has 2 aromatic heterocycles. The smallest absolute Gasteiger partial charge is 0.270 e. The molecule has 0 saturated carbocycles. The molecule has 22 heavy (non-hydrogen) atoms. The van der Waals surface area contributed by atoms with Gasteiger partial charge in [0.2, 0.25) is 5.89 Å². The van der Waals surface area contributed by atoms with Crippen LogP contribution in [0.25, 0.3) is 11.5 Å². The minimum Gasteiger partial charge on any atom is -0.440 e. The van der Waals surface area contributed by atoms with Crippen LogP contribution in [0.3, 0.4) is 0 Å². The van der Waals surface area contributed by atoms with Gasteiger partial charge in [0, 0.05) is 29.4 Å². The largest absolute Gasteiger partial charge is 0.440 e. The van der Waals surface area contributed by atoms with Crippen molar-refractivity contribution in [2.24, 2.45) is 5.73 Å². The highest BCUT2D eigenvalue weighted by molar-refractivity contribution is 6.30. The number of carbonyl (C=O) groups is 1. The minimum absolute atomic E-state index is 0.141. The van der Waals surface area contributed by atoms with E-state index in [2.05, 4.69) is 9.97 Å². The van der Waals surface area contributed by atoms with Crippen LogP contribution in [0.1, 0.15) is 21.8 Å². The van der Waals surface area contributed by atoms with Gasteiger partial charge < -0.3 is 10.2 Å². The van der Waals surface area contributed by atoms with Crippen molar-refractivity contribution in [3.05, 3.63) is 70.8 Å². The number of pyridine rings is 1. The van der Waals surface area contributed by atoms with Gasteiger partial charge in [-0.3, -0.25) is 9.78 Å². The van der Waals surface area contributed by atoms with Crippen LogP contribution in [0.15, 0.2) is 53.2 Å². The van der Waals surface area contributed by atoms with Gasteiger partial charge in [-0.05, 0) is 29.8 Å². The molecule has 3 rings (SSSR count). The van der Waals surface area contributed by atoms with E-state index in [1.807, 2.05) is 12.1 Å². The molecule has 0 aliphatic heterocycles. The summed E-state index contributed by atoms with van der Waals surface area (Å²) in [5, 5.41) is 0.647. The Balaban J connectivity index is 1.97. The molecular weight excluding hydrogens is 302 g/mol. The molecule has 1 aromatic carbocycles. The predicted octanol–water partition coefficient (Wildman–Crippen LogP) is 3.08. The molecule has 0 spiro atoms. The first-order valence-electron chi connectivity index (χ1n) is 6.58. The van der Waals surface area contributed by atoms with Gasteiger partial charge in [-0.1, -0.05) is 23.7 Å². The summed E-state index contributed by atoms with van der Waals surface area (Å²) in [6.45, 7) is 0. The first kappa shape index (κ1) is 14.3. The topological polar surface area (TPSA) is 82.0 Å². The van der Waals surface area contributed by atoms with Gasteiger partial charge in [-0.2, -0.15) is 0 Å². The number of primary amides is 1. The third-order valence-corrected chi connectivity index (χ3v) is 3.39. The zero-order valence-corrected chi connectivity index (χ0v) is 12.2. The molecule has 2 heterocycles. The Morgan fingerprint density at radius 2 is 1.82 bits per heavy atom. The van der Waals surface area contributed by atoms with Crippen LogP contribution in [0.5, 0.6) is 0 Å². The maximum absolute atomic E-state index is 11.6. The molecule has 0 unspecified atom stereocenters. The Morgan fingerprint density at radius 1 is 1.14 bits per heavy atom. The lowest BCUT2D eigenvalue weighted by molar-refractivity contribution is 0.0994. The van der Waals surface area contributed by atoms with E-state index in [1.54, 1.807) is 36.7 Å². The highest BCUT2D eigenvalue weighted by Crippen LogP contribution is 2.24. The van der Waals surface area contributed by atoms with E-state index in [1.165, 1.54) is 0 Å². The molecule has 110 valence electrons. The summed E-state index contributed by atoms with van der Waals surface area (Å²) in [5.41, 5.74) is 7.21. The zero-order valence-electron chi connectivity index (χ0n) is 11.5. The highest BCUT2D eigenvalue weighted by atomic mass is 35.5. The molecule has 0 atom stereocenters. The number of rotatable bonds is 4. The molecule has 5 nitrogen and oxygen atoms in total. The van der Waals surface area contributed by atoms with Gasteiger partial charge in [-0.15, -0.1) is 0 Å². The fourth-order valence-electron chi connectivity index (χ4n) is 2.07. The molecule has 0 saturated heterocycles. The molecule has 0 aliphatic carbocycles. The van der Waals surface area contributed by atoms with Gasteiger partial charge in [-0.25, -0.2) is 4.98 Å². The number of nitrogens with two attached hydrogens (primary N) is 1. The summed E-state index contributed by atoms with van der Waals surface area (Å²) in [5.74, 6) is 0.162. The van der Waals surface area contributed by atoms with E-state index >= 15 is 0 Å². The van der Waals surface area contributed by atoms with Crippen LogP contribution >= 0.6 is 11.6 Å². The van der Waals surface area contributed by atoms with E-state index in [9.17, 15) is 4.79 Å². The Bertz CT molecular complexity index is 798. The third kappa shape index (κ3) is 2.99. The number of hydrogen-bond donors (Lipinski definition) is 1. The van der Waals surface area contributed by atoms with Crippen LogP contribution in [-0.2, 0) is 6.42 Å². The summed E-state index contributed by atoms with van der Waals surface area (Å²) in [4.78, 5) is 19.7. The number of halogens is 1. The number of oxazole rings is 1. The summed E-state index contributed by atoms with van der Waals surface area (Å²) < 4.78 is 5.72. The van der Waals surface area contributed by atoms with Crippen LogP contribution in [0, 0.1) is 0 Å². The van der Waals surface area contributed by atoms with Gasteiger partial charge >= 0.3 is 0 Å². The second-order valence-corrected chi connectivity index (χ2v) is 5.13. The molecule has 0 radical (unpaired) electrons. The van der Waals surface area contributed by atoms with E-state index in [0.717, 1.165) is 11.1 Å². The fourth-order valence-corrected chi connectivity index (χ4v) is 2.20. The second kappa shape index (κ2) is 5.99. The number of amides is 1. The number of nitrogens with zero attached hydrogens (tertiary/aromatic N) is 2. The number of benzene rings is 1. The van der Waals surface area contributed by atoms with Crippen molar-refractivity contribution in [2.75, 3.05) is 0 Å². The average molecular weight is 314 g/mol. The van der Waals surface area contributed by atoms with Gasteiger partial charge in [0.25, 0.3) is 5.91 Å². The van der Waals surface area contributed by atoms with Crippen molar-refractivity contribution >= 4 is 17.5 Å². The number of aromatic nitrogens is 2. The van der Waals surface area contributed by atoms with Crippen molar-refractivity contribution in [1.29, 1.82) is 0 Å². The minimum atomic E-state index is -0.618. The van der Waals surface area contributed by atoms with Crippen molar-refractivity contribution in [3.8, 4) is 11.5 Å². The standard InChI is InChI=1S/C16H12ClN3O2/c17-12-3-1-10(2-4-12)9-13-14(15(18)21)20-16(22-13)11-5-7-19-8-6-11/h1-8H,9H2,(H2,18,21). The first-order chi connectivity index (χ1) is 10.6.